The fourth-order valence-electron chi connectivity index (χ4n) is 6.06. The van der Waals surface area contributed by atoms with Gasteiger partial charge in [-0.05, 0) is 13.3 Å². The van der Waals surface area contributed by atoms with Crippen LogP contribution in [0.25, 0.3) is 0 Å². The van der Waals surface area contributed by atoms with Gasteiger partial charge < -0.3 is 49.6 Å². The molecule has 3 saturated carbocycles. The Labute approximate surface area is 148 Å². The summed E-state index contributed by atoms with van der Waals surface area (Å²) in [5.41, 5.74) is -3.09. The minimum atomic E-state index is -1.56. The van der Waals surface area contributed by atoms with Gasteiger partial charge in [-0.3, -0.25) is 0 Å². The summed E-state index contributed by atoms with van der Waals surface area (Å²) in [4.78, 5) is 0. The Bertz CT molecular complexity index is 630. The van der Waals surface area contributed by atoms with Gasteiger partial charge in [-0.1, -0.05) is 0 Å². The van der Waals surface area contributed by atoms with Crippen molar-refractivity contribution in [2.45, 2.75) is 73.8 Å². The molecular weight excluding hydrogens is 352 g/mol. The van der Waals surface area contributed by atoms with E-state index < -0.39 is 66.0 Å². The predicted molar refractivity (Wildman–Crippen MR) is 79.1 cm³/mol. The van der Waals surface area contributed by atoms with Gasteiger partial charge in [-0.25, -0.2) is 0 Å². The van der Waals surface area contributed by atoms with Gasteiger partial charge in [-0.2, -0.15) is 0 Å². The molecule has 0 aromatic rings. The molecule has 3 aliphatic carbocycles. The van der Waals surface area contributed by atoms with E-state index in [1.165, 1.54) is 0 Å². The van der Waals surface area contributed by atoms with Crippen LogP contribution in [0.1, 0.15) is 19.8 Å². The number of hydrogen-bond acceptors (Lipinski definition) is 10. The monoisotopic (exact) mass is 376 g/mol. The molecule has 4 unspecified atom stereocenters. The Morgan fingerprint density at radius 2 is 1.81 bits per heavy atom. The van der Waals surface area contributed by atoms with Gasteiger partial charge in [-0.15, -0.1) is 0 Å². The topological polar surface area (TPSA) is 158 Å². The maximum Gasteiger partial charge on any atom is 0.187 e. The van der Waals surface area contributed by atoms with Crippen LogP contribution in [0.4, 0.5) is 0 Å². The van der Waals surface area contributed by atoms with E-state index in [0.717, 1.165) is 0 Å². The lowest BCUT2D eigenvalue weighted by Gasteiger charge is -2.67. The molecule has 4 aliphatic heterocycles. The van der Waals surface area contributed by atoms with Gasteiger partial charge in [0.2, 0.25) is 0 Å². The third-order valence-corrected chi connectivity index (χ3v) is 7.38. The van der Waals surface area contributed by atoms with Crippen LogP contribution in [0.3, 0.4) is 0 Å². The number of aliphatic hydroxyl groups is 6. The van der Waals surface area contributed by atoms with E-state index in [1.807, 2.05) is 0 Å². The second-order valence-corrected chi connectivity index (χ2v) is 8.42. The molecule has 10 heteroatoms. The van der Waals surface area contributed by atoms with E-state index >= 15 is 0 Å². The van der Waals surface area contributed by atoms with E-state index in [4.69, 9.17) is 18.9 Å². The highest BCUT2D eigenvalue weighted by Crippen LogP contribution is 2.81. The van der Waals surface area contributed by atoms with Crippen LogP contribution >= 0.6 is 0 Å². The third kappa shape index (κ3) is 1.61. The lowest BCUT2D eigenvalue weighted by Crippen LogP contribution is -2.80. The first-order valence-electron chi connectivity index (χ1n) is 8.85. The molecule has 7 rings (SSSR count). The average Bonchev–Trinajstić information content (AvgIpc) is 2.77. The van der Waals surface area contributed by atoms with Crippen molar-refractivity contribution in [3.05, 3.63) is 0 Å². The van der Waals surface area contributed by atoms with Crippen LogP contribution < -0.4 is 0 Å². The van der Waals surface area contributed by atoms with Crippen LogP contribution in [-0.4, -0.2) is 97.8 Å². The second kappa shape index (κ2) is 4.95. The zero-order chi connectivity index (χ0) is 18.7. The molecule has 11 atom stereocenters. The standard InChI is InChI=1S/C16H24O10/c1-13-4-15(22)7-2-16(13,14(7,5-18)12(25-13)26-15)24-11-10(21)9(20)8(19)6(3-17)23-11/h6-12,17-22H,2-5H2,1H3/t6-,7?,8-,9+,10-,11+,12?,13+,14?,15-,16?/m1/s1. The first kappa shape index (κ1) is 17.7. The number of hydrogen-bond donors (Lipinski definition) is 6. The van der Waals surface area contributed by atoms with Crippen LogP contribution in [0.15, 0.2) is 0 Å². The molecule has 0 aromatic carbocycles. The highest BCUT2D eigenvalue weighted by Gasteiger charge is 2.94. The van der Waals surface area contributed by atoms with Crippen molar-refractivity contribution < 1.29 is 49.6 Å². The first-order chi connectivity index (χ1) is 12.2. The zero-order valence-corrected chi connectivity index (χ0v) is 14.2. The van der Waals surface area contributed by atoms with Crippen LogP contribution in [0, 0.1) is 11.3 Å². The van der Waals surface area contributed by atoms with E-state index in [-0.39, 0.29) is 18.9 Å². The summed E-state index contributed by atoms with van der Waals surface area (Å²) in [6.45, 7) is 0.840. The van der Waals surface area contributed by atoms with Crippen molar-refractivity contribution in [1.82, 2.24) is 0 Å². The number of rotatable bonds is 4. The third-order valence-electron chi connectivity index (χ3n) is 7.38. The van der Waals surface area contributed by atoms with Crippen molar-refractivity contribution in [3.63, 3.8) is 0 Å². The molecule has 4 saturated heterocycles. The van der Waals surface area contributed by atoms with Gasteiger partial charge in [0.15, 0.2) is 18.4 Å². The minimum Gasteiger partial charge on any atom is -0.395 e. The Balaban J connectivity index is 1.50. The molecule has 0 spiro atoms. The SMILES string of the molecule is C[C@@]12C[C@@]3(O)OC(O1)C1(CO)C3CC12O[C@@H]1O[C@H](CO)[C@@H](O)[C@H](O)[C@H]1O. The molecule has 7 aliphatic rings. The Morgan fingerprint density at radius 1 is 1.08 bits per heavy atom. The van der Waals surface area contributed by atoms with Crippen molar-refractivity contribution in [1.29, 1.82) is 0 Å². The van der Waals surface area contributed by atoms with Crippen LogP contribution in [0.2, 0.25) is 0 Å². The predicted octanol–water partition coefficient (Wildman–Crippen LogP) is -3.22. The highest BCUT2D eigenvalue weighted by molar-refractivity contribution is 5.37. The van der Waals surface area contributed by atoms with Gasteiger partial charge in [0.1, 0.15) is 35.6 Å². The molecule has 0 radical (unpaired) electrons. The van der Waals surface area contributed by atoms with Crippen LogP contribution in [0.5, 0.6) is 0 Å². The van der Waals surface area contributed by atoms with Gasteiger partial charge in [0.25, 0.3) is 0 Å². The number of aliphatic hydroxyl groups excluding tert-OH is 5. The van der Waals surface area contributed by atoms with Crippen LogP contribution in [-0.2, 0) is 18.9 Å². The maximum absolute atomic E-state index is 10.8. The van der Waals surface area contributed by atoms with Crippen molar-refractivity contribution in [2.75, 3.05) is 13.2 Å². The molecule has 6 bridgehead atoms. The lowest BCUT2D eigenvalue weighted by atomic mass is 9.41. The lowest BCUT2D eigenvalue weighted by molar-refractivity contribution is -0.424. The molecule has 0 aromatic heterocycles. The Morgan fingerprint density at radius 3 is 2.46 bits per heavy atom. The van der Waals surface area contributed by atoms with E-state index in [9.17, 15) is 30.6 Å². The second-order valence-electron chi connectivity index (χ2n) is 8.42. The van der Waals surface area contributed by atoms with E-state index in [2.05, 4.69) is 0 Å². The molecule has 148 valence electrons. The van der Waals surface area contributed by atoms with E-state index in [1.54, 1.807) is 6.92 Å². The first-order valence-corrected chi connectivity index (χ1v) is 8.85. The molecule has 4 heterocycles. The van der Waals surface area contributed by atoms with Crippen molar-refractivity contribution in [3.8, 4) is 0 Å². The summed E-state index contributed by atoms with van der Waals surface area (Å²) >= 11 is 0. The average molecular weight is 376 g/mol. The normalized spacial score (nSPS) is 65.4. The molecule has 26 heavy (non-hydrogen) atoms. The molecule has 7 fully saturated rings. The maximum atomic E-state index is 10.8. The minimum absolute atomic E-state index is 0.139. The van der Waals surface area contributed by atoms with Gasteiger partial charge in [0.05, 0.1) is 18.6 Å². The fourth-order valence-corrected chi connectivity index (χ4v) is 6.06. The van der Waals surface area contributed by atoms with Crippen molar-refractivity contribution >= 4 is 0 Å². The summed E-state index contributed by atoms with van der Waals surface area (Å²) in [5.74, 6) is -1.77. The molecule has 0 amide bonds. The molecule has 6 N–H and O–H groups in total. The summed E-state index contributed by atoms with van der Waals surface area (Å²) < 4.78 is 23.2. The summed E-state index contributed by atoms with van der Waals surface area (Å²) in [5, 5.41) is 60.6. The van der Waals surface area contributed by atoms with Crippen molar-refractivity contribution in [2.24, 2.45) is 11.3 Å². The number of ether oxygens (including phenoxy) is 4. The summed E-state index contributed by atoms with van der Waals surface area (Å²) in [6, 6.07) is 0. The van der Waals surface area contributed by atoms with Gasteiger partial charge >= 0.3 is 0 Å². The quantitative estimate of drug-likeness (QED) is 0.295. The summed E-state index contributed by atoms with van der Waals surface area (Å²) in [7, 11) is 0. The largest absolute Gasteiger partial charge is 0.395 e. The fraction of sp³-hybridized carbons (Fsp3) is 1.00. The highest BCUT2D eigenvalue weighted by atomic mass is 16.8. The molecule has 10 nitrogen and oxygen atoms in total. The summed E-state index contributed by atoms with van der Waals surface area (Å²) in [6.07, 6.45) is -7.43. The smallest absolute Gasteiger partial charge is 0.187 e. The Kier molecular flexibility index (Phi) is 3.37. The zero-order valence-electron chi connectivity index (χ0n) is 14.2. The van der Waals surface area contributed by atoms with Gasteiger partial charge in [0, 0.05) is 12.3 Å². The van der Waals surface area contributed by atoms with E-state index in [0.29, 0.717) is 6.42 Å². The molecular formula is C16H24O10. The Hall–Kier alpha value is -0.400.